The first-order valence-electron chi connectivity index (χ1n) is 7.96. The van der Waals surface area contributed by atoms with Crippen molar-refractivity contribution >= 4 is 12.1 Å². The maximum atomic E-state index is 12.4. The van der Waals surface area contributed by atoms with Crippen LogP contribution in [0.2, 0.25) is 0 Å². The lowest BCUT2D eigenvalue weighted by atomic mass is 10.1. The maximum Gasteiger partial charge on any atom is 0.411 e. The summed E-state index contributed by atoms with van der Waals surface area (Å²) in [6, 6.07) is 8.20. The molecule has 7 heteroatoms. The Balaban J connectivity index is 1.68. The van der Waals surface area contributed by atoms with E-state index in [1.54, 1.807) is 0 Å². The van der Waals surface area contributed by atoms with Gasteiger partial charge >= 0.3 is 12.1 Å². The molecular formula is C17H21NO6. The van der Waals surface area contributed by atoms with Crippen LogP contribution in [0, 0.1) is 0 Å². The summed E-state index contributed by atoms with van der Waals surface area (Å²) < 4.78 is 16.9. The van der Waals surface area contributed by atoms with Crippen LogP contribution in [-0.4, -0.2) is 52.7 Å². The monoisotopic (exact) mass is 335 g/mol. The van der Waals surface area contributed by atoms with Crippen LogP contribution in [0.4, 0.5) is 4.79 Å². The number of benzene rings is 1. The molecule has 2 heterocycles. The van der Waals surface area contributed by atoms with Crippen LogP contribution in [0.15, 0.2) is 30.3 Å². The zero-order chi connectivity index (χ0) is 17.3. The summed E-state index contributed by atoms with van der Waals surface area (Å²) in [5.74, 6) is -2.16. The van der Waals surface area contributed by atoms with Gasteiger partial charge < -0.3 is 19.3 Å². The van der Waals surface area contributed by atoms with E-state index in [4.69, 9.17) is 14.2 Å². The number of hydrogen-bond donors (Lipinski definition) is 1. The van der Waals surface area contributed by atoms with Crippen LogP contribution in [0.25, 0.3) is 0 Å². The molecule has 1 aromatic carbocycles. The molecule has 2 saturated heterocycles. The third-order valence-electron chi connectivity index (χ3n) is 4.48. The number of carbonyl (C=O) groups is 2. The fourth-order valence-electron chi connectivity index (χ4n) is 3.12. The fourth-order valence-corrected chi connectivity index (χ4v) is 3.12. The second kappa shape index (κ2) is 6.41. The van der Waals surface area contributed by atoms with E-state index in [-0.39, 0.29) is 31.8 Å². The third-order valence-corrected chi connectivity index (χ3v) is 4.48. The van der Waals surface area contributed by atoms with Gasteiger partial charge in [-0.15, -0.1) is 0 Å². The van der Waals surface area contributed by atoms with Crippen LogP contribution in [0.3, 0.4) is 0 Å². The van der Waals surface area contributed by atoms with Crippen LogP contribution in [0.5, 0.6) is 0 Å². The molecule has 2 aliphatic rings. The van der Waals surface area contributed by atoms with E-state index in [1.807, 2.05) is 44.2 Å². The molecule has 3 rings (SSSR count). The fraction of sp³-hybridized carbons (Fsp3) is 0.529. The van der Waals surface area contributed by atoms with Crippen molar-refractivity contribution in [3.05, 3.63) is 35.9 Å². The summed E-state index contributed by atoms with van der Waals surface area (Å²) in [5, 5.41) is 9.43. The van der Waals surface area contributed by atoms with E-state index in [0.717, 1.165) is 5.56 Å². The number of amides is 1. The van der Waals surface area contributed by atoms with Gasteiger partial charge in [0.15, 0.2) is 5.79 Å². The minimum absolute atomic E-state index is 0.0479. The quantitative estimate of drug-likeness (QED) is 0.909. The number of carboxylic acids is 1. The van der Waals surface area contributed by atoms with Crippen molar-refractivity contribution in [1.82, 2.24) is 4.90 Å². The second-order valence-electron chi connectivity index (χ2n) is 6.28. The van der Waals surface area contributed by atoms with Crippen LogP contribution >= 0.6 is 0 Å². The highest BCUT2D eigenvalue weighted by Gasteiger charge is 2.56. The zero-order valence-corrected chi connectivity index (χ0v) is 13.7. The second-order valence-corrected chi connectivity index (χ2v) is 6.28. The summed E-state index contributed by atoms with van der Waals surface area (Å²) in [6.07, 6.45) is -0.890. The first-order chi connectivity index (χ1) is 11.4. The Morgan fingerprint density at radius 2 is 1.88 bits per heavy atom. The Bertz CT molecular complexity index is 609. The molecule has 1 aromatic rings. The van der Waals surface area contributed by atoms with E-state index >= 15 is 0 Å². The Hall–Kier alpha value is -2.12. The molecule has 0 unspecified atom stereocenters. The topological polar surface area (TPSA) is 85.3 Å². The molecule has 0 bridgehead atoms. The first kappa shape index (κ1) is 16.7. The van der Waals surface area contributed by atoms with E-state index in [0.29, 0.717) is 0 Å². The Kier molecular flexibility index (Phi) is 4.47. The molecule has 1 spiro atoms. The van der Waals surface area contributed by atoms with Crippen molar-refractivity contribution < 1.29 is 28.9 Å². The molecule has 2 aliphatic heterocycles. The van der Waals surface area contributed by atoms with Gasteiger partial charge in [-0.3, -0.25) is 4.90 Å². The minimum Gasteiger partial charge on any atom is -0.480 e. The summed E-state index contributed by atoms with van der Waals surface area (Å²) in [7, 11) is 0. The third kappa shape index (κ3) is 3.22. The Morgan fingerprint density at radius 1 is 1.25 bits per heavy atom. The number of likely N-dealkylation sites (tertiary alicyclic amines) is 1. The van der Waals surface area contributed by atoms with E-state index < -0.39 is 23.9 Å². The highest BCUT2D eigenvalue weighted by atomic mass is 16.8. The van der Waals surface area contributed by atoms with Gasteiger partial charge in [-0.05, 0) is 19.4 Å². The number of carboxylic acid groups (broad SMARTS) is 1. The SMILES string of the molecule is C[C@H]1OC2(C[C@@H](C(=O)O)N(C(=O)OCc3ccccc3)C2)O[C@@H]1C. The summed E-state index contributed by atoms with van der Waals surface area (Å²) in [6.45, 7) is 3.87. The first-order valence-corrected chi connectivity index (χ1v) is 7.96. The summed E-state index contributed by atoms with van der Waals surface area (Å²) in [5.41, 5.74) is 0.835. The van der Waals surface area contributed by atoms with Gasteiger partial charge in [0.25, 0.3) is 0 Å². The van der Waals surface area contributed by atoms with Gasteiger partial charge in [-0.2, -0.15) is 0 Å². The Morgan fingerprint density at radius 3 is 2.46 bits per heavy atom. The minimum atomic E-state index is -1.09. The molecule has 7 nitrogen and oxygen atoms in total. The molecular weight excluding hydrogens is 314 g/mol. The molecule has 3 atom stereocenters. The molecule has 0 radical (unpaired) electrons. The summed E-state index contributed by atoms with van der Waals surface area (Å²) >= 11 is 0. The highest BCUT2D eigenvalue weighted by molar-refractivity contribution is 5.81. The average Bonchev–Trinajstić information content (AvgIpc) is 3.06. The predicted octanol–water partition coefficient (Wildman–Crippen LogP) is 2.00. The normalized spacial score (nSPS) is 28.2. The molecule has 2 fully saturated rings. The van der Waals surface area contributed by atoms with Gasteiger partial charge in [0.05, 0.1) is 18.8 Å². The molecule has 1 N–H and O–H groups in total. The highest BCUT2D eigenvalue weighted by Crippen LogP contribution is 2.39. The van der Waals surface area contributed by atoms with Crippen LogP contribution < -0.4 is 0 Å². The van der Waals surface area contributed by atoms with Crippen LogP contribution in [-0.2, 0) is 25.6 Å². The van der Waals surface area contributed by atoms with Gasteiger partial charge in [0.1, 0.15) is 12.6 Å². The largest absolute Gasteiger partial charge is 0.480 e. The molecule has 130 valence electrons. The van der Waals surface area contributed by atoms with Crippen LogP contribution in [0.1, 0.15) is 25.8 Å². The summed E-state index contributed by atoms with van der Waals surface area (Å²) in [4.78, 5) is 25.1. The lowest BCUT2D eigenvalue weighted by Gasteiger charge is -2.23. The zero-order valence-electron chi connectivity index (χ0n) is 13.7. The van der Waals surface area contributed by atoms with Gasteiger partial charge in [-0.25, -0.2) is 9.59 Å². The van der Waals surface area contributed by atoms with Gasteiger partial charge in [0, 0.05) is 6.42 Å². The van der Waals surface area contributed by atoms with E-state index in [2.05, 4.69) is 0 Å². The van der Waals surface area contributed by atoms with Crippen molar-refractivity contribution in [2.24, 2.45) is 0 Å². The standard InChI is InChI=1S/C17H21NO6/c1-11-12(2)24-17(23-11)8-14(15(19)20)18(10-17)16(21)22-9-13-6-4-3-5-7-13/h3-7,11-12,14H,8-10H2,1-2H3,(H,19,20)/t11-,12-,14+/m1/s1. The van der Waals surface area contributed by atoms with Crippen molar-refractivity contribution in [3.63, 3.8) is 0 Å². The smallest absolute Gasteiger partial charge is 0.411 e. The molecule has 1 amide bonds. The van der Waals surface area contributed by atoms with Crippen molar-refractivity contribution in [2.45, 2.75) is 50.9 Å². The van der Waals surface area contributed by atoms with Crippen molar-refractivity contribution in [3.8, 4) is 0 Å². The number of carbonyl (C=O) groups excluding carboxylic acids is 1. The van der Waals surface area contributed by atoms with Gasteiger partial charge in [-0.1, -0.05) is 30.3 Å². The molecule has 0 aromatic heterocycles. The predicted molar refractivity (Wildman–Crippen MR) is 83.2 cm³/mol. The van der Waals surface area contributed by atoms with Crippen molar-refractivity contribution in [1.29, 1.82) is 0 Å². The number of aliphatic carboxylic acids is 1. The number of rotatable bonds is 3. The van der Waals surface area contributed by atoms with Crippen molar-refractivity contribution in [2.75, 3.05) is 6.54 Å². The lowest BCUT2D eigenvalue weighted by Crippen LogP contribution is -2.41. The number of nitrogens with zero attached hydrogens (tertiary/aromatic N) is 1. The number of hydrogen-bond acceptors (Lipinski definition) is 5. The van der Waals surface area contributed by atoms with E-state index in [1.165, 1.54) is 4.90 Å². The average molecular weight is 335 g/mol. The molecule has 24 heavy (non-hydrogen) atoms. The maximum absolute atomic E-state index is 12.4. The Labute approximate surface area is 140 Å². The molecule has 0 aliphatic carbocycles. The lowest BCUT2D eigenvalue weighted by molar-refractivity contribution is -0.163. The van der Waals surface area contributed by atoms with E-state index in [9.17, 15) is 14.7 Å². The van der Waals surface area contributed by atoms with Gasteiger partial charge in [0.2, 0.25) is 0 Å². The molecule has 0 saturated carbocycles. The number of ether oxygens (including phenoxy) is 3.